The quantitative estimate of drug-likeness (QED) is 0.783. The molecule has 2 fully saturated rings. The van der Waals surface area contributed by atoms with Crippen LogP contribution >= 0.6 is 0 Å². The molecule has 1 amide bonds. The van der Waals surface area contributed by atoms with Crippen molar-refractivity contribution in [2.45, 2.75) is 56.8 Å². The minimum absolute atomic E-state index is 0.0596. The summed E-state index contributed by atoms with van der Waals surface area (Å²) in [5, 5.41) is 3.14. The minimum atomic E-state index is -0.531. The van der Waals surface area contributed by atoms with E-state index in [0.717, 1.165) is 25.7 Å². The molecular formula is C17H21NO2. The van der Waals surface area contributed by atoms with Crippen molar-refractivity contribution >= 4 is 5.91 Å². The average molecular weight is 271 g/mol. The van der Waals surface area contributed by atoms with Gasteiger partial charge in [0, 0.05) is 0 Å². The van der Waals surface area contributed by atoms with Gasteiger partial charge in [0.15, 0.2) is 0 Å². The molecule has 4 unspecified atom stereocenters. The second-order valence-corrected chi connectivity index (χ2v) is 6.10. The highest BCUT2D eigenvalue weighted by atomic mass is 16.5. The first-order valence-corrected chi connectivity index (χ1v) is 7.41. The Balaban J connectivity index is 2.03. The molecule has 3 nitrogen and oxygen atoms in total. The van der Waals surface area contributed by atoms with Crippen LogP contribution in [0.25, 0.3) is 0 Å². The molecule has 1 N–H and O–H groups in total. The molecule has 2 aliphatic heterocycles. The molecule has 0 aromatic rings. The molecular weight excluding hydrogens is 250 g/mol. The topological polar surface area (TPSA) is 38.3 Å². The van der Waals surface area contributed by atoms with Gasteiger partial charge in [-0.05, 0) is 44.3 Å². The normalized spacial score (nSPS) is 44.6. The third-order valence-electron chi connectivity index (χ3n) is 5.05. The van der Waals surface area contributed by atoms with Crippen LogP contribution in [0.1, 0.15) is 39.5 Å². The molecule has 2 heterocycles. The number of allylic oxidation sites excluding steroid dienone is 3. The standard InChI is InChI=1S/C17H21NO2/c1-4-13-15(19)18-17(11-12-9-7-6-8-10-12)14(5-2)20-16(13,17)3/h2,7,9,11,13-14H,4,6,8,10H2,1,3H3,(H,18,19)/b12-11+. The molecule has 0 spiro atoms. The van der Waals surface area contributed by atoms with Crippen LogP contribution in [0.5, 0.6) is 0 Å². The van der Waals surface area contributed by atoms with Crippen molar-refractivity contribution in [3.8, 4) is 12.3 Å². The first-order chi connectivity index (χ1) is 9.57. The van der Waals surface area contributed by atoms with E-state index >= 15 is 0 Å². The Kier molecular flexibility index (Phi) is 3.02. The smallest absolute Gasteiger partial charge is 0.227 e. The molecule has 3 rings (SSSR count). The molecule has 4 atom stereocenters. The van der Waals surface area contributed by atoms with Gasteiger partial charge in [0.05, 0.1) is 5.92 Å². The van der Waals surface area contributed by atoms with Gasteiger partial charge < -0.3 is 10.1 Å². The summed E-state index contributed by atoms with van der Waals surface area (Å²) in [6.45, 7) is 4.03. The number of carbonyl (C=O) groups is 1. The van der Waals surface area contributed by atoms with Crippen molar-refractivity contribution in [3.63, 3.8) is 0 Å². The van der Waals surface area contributed by atoms with Crippen molar-refractivity contribution in [2.24, 2.45) is 5.92 Å². The Bertz CT molecular complexity index is 542. The third kappa shape index (κ3) is 1.55. The van der Waals surface area contributed by atoms with E-state index in [1.54, 1.807) is 0 Å². The zero-order valence-corrected chi connectivity index (χ0v) is 12.1. The highest BCUT2D eigenvalue weighted by Crippen LogP contribution is 2.54. The van der Waals surface area contributed by atoms with Crippen LogP contribution in [-0.4, -0.2) is 23.2 Å². The van der Waals surface area contributed by atoms with Gasteiger partial charge in [-0.3, -0.25) is 4.79 Å². The predicted octanol–water partition coefficient (Wildman–Crippen LogP) is 2.34. The number of amides is 1. The van der Waals surface area contributed by atoms with Crippen LogP contribution in [-0.2, 0) is 9.53 Å². The maximum Gasteiger partial charge on any atom is 0.227 e. The second kappa shape index (κ2) is 4.49. The number of terminal acetylenes is 1. The number of fused-ring (bicyclic) bond motifs is 1. The summed E-state index contributed by atoms with van der Waals surface area (Å²) in [5.41, 5.74) is 0.202. The number of nitrogens with one attached hydrogen (secondary N) is 1. The van der Waals surface area contributed by atoms with E-state index in [4.69, 9.17) is 11.2 Å². The molecule has 1 aliphatic carbocycles. The first-order valence-electron chi connectivity index (χ1n) is 7.41. The molecule has 0 bridgehead atoms. The maximum atomic E-state index is 12.3. The number of hydrogen-bond acceptors (Lipinski definition) is 2. The molecule has 3 aliphatic rings. The van der Waals surface area contributed by atoms with E-state index in [1.165, 1.54) is 5.57 Å². The van der Waals surface area contributed by atoms with E-state index in [0.29, 0.717) is 0 Å². The maximum absolute atomic E-state index is 12.3. The lowest BCUT2D eigenvalue weighted by Gasteiger charge is -2.56. The predicted molar refractivity (Wildman–Crippen MR) is 77.8 cm³/mol. The fourth-order valence-electron chi connectivity index (χ4n) is 3.89. The lowest BCUT2D eigenvalue weighted by Crippen LogP contribution is -2.75. The number of carbonyl (C=O) groups excluding carboxylic acids is 1. The molecule has 0 aromatic carbocycles. The monoisotopic (exact) mass is 271 g/mol. The van der Waals surface area contributed by atoms with Crippen LogP contribution in [0.15, 0.2) is 23.8 Å². The van der Waals surface area contributed by atoms with Gasteiger partial charge in [0.2, 0.25) is 5.91 Å². The summed E-state index contributed by atoms with van der Waals surface area (Å²) < 4.78 is 5.93. The third-order valence-corrected chi connectivity index (χ3v) is 5.05. The van der Waals surface area contributed by atoms with E-state index < -0.39 is 11.1 Å². The van der Waals surface area contributed by atoms with Crippen LogP contribution in [0.2, 0.25) is 0 Å². The summed E-state index contributed by atoms with van der Waals surface area (Å²) in [6.07, 6.45) is 15.8. The minimum Gasteiger partial charge on any atom is -0.353 e. The van der Waals surface area contributed by atoms with Gasteiger partial charge in [0.25, 0.3) is 0 Å². The van der Waals surface area contributed by atoms with E-state index in [9.17, 15) is 4.79 Å². The van der Waals surface area contributed by atoms with Gasteiger partial charge in [-0.2, -0.15) is 0 Å². The molecule has 106 valence electrons. The lowest BCUT2D eigenvalue weighted by atomic mass is 9.66. The molecule has 20 heavy (non-hydrogen) atoms. The first kappa shape index (κ1) is 13.5. The van der Waals surface area contributed by atoms with Crippen molar-refractivity contribution in [3.05, 3.63) is 23.8 Å². The lowest BCUT2D eigenvalue weighted by molar-refractivity contribution is -0.232. The highest BCUT2D eigenvalue weighted by molar-refractivity contribution is 5.86. The Hall–Kier alpha value is -1.53. The molecule has 0 radical (unpaired) electrons. The summed E-state index contributed by atoms with van der Waals surface area (Å²) in [5.74, 6) is 2.62. The van der Waals surface area contributed by atoms with E-state index in [1.807, 2.05) is 13.8 Å². The van der Waals surface area contributed by atoms with Gasteiger partial charge in [-0.1, -0.05) is 25.0 Å². The number of rotatable bonds is 2. The van der Waals surface area contributed by atoms with E-state index in [2.05, 4.69) is 29.5 Å². The van der Waals surface area contributed by atoms with Gasteiger partial charge >= 0.3 is 0 Å². The number of hydrogen-bond donors (Lipinski definition) is 1. The Morgan fingerprint density at radius 2 is 2.45 bits per heavy atom. The zero-order valence-electron chi connectivity index (χ0n) is 12.1. The van der Waals surface area contributed by atoms with Crippen LogP contribution in [0, 0.1) is 18.3 Å². The fraction of sp³-hybridized carbons (Fsp3) is 0.588. The van der Waals surface area contributed by atoms with Gasteiger partial charge in [0.1, 0.15) is 17.2 Å². The largest absolute Gasteiger partial charge is 0.353 e. The van der Waals surface area contributed by atoms with Crippen LogP contribution in [0.3, 0.4) is 0 Å². The average Bonchev–Trinajstić information content (AvgIpc) is 2.60. The Morgan fingerprint density at radius 1 is 1.65 bits per heavy atom. The molecule has 0 saturated carbocycles. The molecule has 0 aromatic heterocycles. The van der Waals surface area contributed by atoms with Crippen molar-refractivity contribution < 1.29 is 9.53 Å². The summed E-state index contributed by atoms with van der Waals surface area (Å²) >= 11 is 0. The Morgan fingerprint density at radius 3 is 3.05 bits per heavy atom. The molecule has 2 saturated heterocycles. The van der Waals surface area contributed by atoms with Crippen molar-refractivity contribution in [1.29, 1.82) is 0 Å². The highest BCUT2D eigenvalue weighted by Gasteiger charge is 2.72. The summed E-state index contributed by atoms with van der Waals surface area (Å²) in [4.78, 5) is 12.3. The van der Waals surface area contributed by atoms with E-state index in [-0.39, 0.29) is 17.9 Å². The van der Waals surface area contributed by atoms with Crippen molar-refractivity contribution in [2.75, 3.05) is 0 Å². The fourth-order valence-corrected chi connectivity index (χ4v) is 3.89. The summed E-state index contributed by atoms with van der Waals surface area (Å²) in [6, 6.07) is 0. The van der Waals surface area contributed by atoms with Crippen LogP contribution in [0.4, 0.5) is 0 Å². The summed E-state index contributed by atoms with van der Waals surface area (Å²) in [7, 11) is 0. The second-order valence-electron chi connectivity index (χ2n) is 6.10. The van der Waals surface area contributed by atoms with Crippen LogP contribution < -0.4 is 5.32 Å². The number of ether oxygens (including phenoxy) is 1. The van der Waals surface area contributed by atoms with Gasteiger partial charge in [-0.25, -0.2) is 0 Å². The van der Waals surface area contributed by atoms with Gasteiger partial charge in [-0.15, -0.1) is 6.42 Å². The Labute approximate surface area is 120 Å². The molecule has 3 heteroatoms. The van der Waals surface area contributed by atoms with Crippen molar-refractivity contribution in [1.82, 2.24) is 5.32 Å². The SMILES string of the molecule is C#CC1OC2(C)C(CC)C(=O)NC12/C=C1\C=CCCC1. The zero-order chi connectivity index (χ0) is 14.4.